The molecule has 124 valence electrons. The zero-order chi connectivity index (χ0) is 17.2. The molecule has 0 radical (unpaired) electrons. The monoisotopic (exact) mass is 374 g/mol. The number of nitrogens with one attached hydrogen (secondary N) is 1. The highest BCUT2D eigenvalue weighted by Gasteiger charge is 2.25. The first kappa shape index (κ1) is 17.7. The summed E-state index contributed by atoms with van der Waals surface area (Å²) in [6.07, 6.45) is 1.70. The average molecular weight is 375 g/mol. The van der Waals surface area contributed by atoms with E-state index in [-0.39, 0.29) is 20.9 Å². The van der Waals surface area contributed by atoms with E-state index in [1.807, 2.05) is 19.1 Å². The maximum absolute atomic E-state index is 11.6. The van der Waals surface area contributed by atoms with Crippen LogP contribution in [-0.2, 0) is 9.84 Å². The van der Waals surface area contributed by atoms with E-state index >= 15 is 0 Å². The van der Waals surface area contributed by atoms with Gasteiger partial charge >= 0.3 is 5.69 Å². The minimum atomic E-state index is -3.49. The van der Waals surface area contributed by atoms with Crippen molar-refractivity contribution in [1.82, 2.24) is 0 Å². The topological polar surface area (TPSA) is 89.3 Å². The molecule has 0 aliphatic carbocycles. The Morgan fingerprint density at radius 3 is 2.43 bits per heavy atom. The summed E-state index contributed by atoms with van der Waals surface area (Å²) in [5.41, 5.74) is 0.684. The molecule has 0 aliphatic rings. The minimum absolute atomic E-state index is 0.0299. The van der Waals surface area contributed by atoms with Gasteiger partial charge < -0.3 is 5.32 Å². The molecule has 1 atom stereocenters. The minimum Gasteiger partial charge on any atom is -0.364 e. The first-order chi connectivity index (χ1) is 10.7. The molecule has 2 aromatic rings. The molecule has 0 aliphatic heterocycles. The van der Waals surface area contributed by atoms with Crippen LogP contribution in [0.5, 0.6) is 0 Å². The molecule has 0 saturated heterocycles. The standard InChI is InChI=1S/C14H15ClN2O4S2/c1-3-11(9-4-6-10(15)7-5-9)16-14-12(17(18)19)8-13(22-14)23(2,20)21/h4-8,11,16H,3H2,1-2H3. The zero-order valence-electron chi connectivity index (χ0n) is 12.4. The first-order valence-corrected chi connectivity index (χ1v) is 9.81. The van der Waals surface area contributed by atoms with Gasteiger partial charge in [-0.15, -0.1) is 0 Å². The van der Waals surface area contributed by atoms with Crippen LogP contribution in [0.2, 0.25) is 5.02 Å². The average Bonchev–Trinajstić information content (AvgIpc) is 2.90. The normalized spacial score (nSPS) is 12.8. The van der Waals surface area contributed by atoms with E-state index in [9.17, 15) is 18.5 Å². The van der Waals surface area contributed by atoms with Gasteiger partial charge in [-0.3, -0.25) is 10.1 Å². The van der Waals surface area contributed by atoms with Gasteiger partial charge in [0, 0.05) is 17.3 Å². The van der Waals surface area contributed by atoms with E-state index in [4.69, 9.17) is 11.6 Å². The molecule has 1 N–H and O–H groups in total. The summed E-state index contributed by atoms with van der Waals surface area (Å²) in [5.74, 6) is 0. The number of benzene rings is 1. The van der Waals surface area contributed by atoms with Crippen molar-refractivity contribution in [3.63, 3.8) is 0 Å². The van der Waals surface area contributed by atoms with Crippen molar-refractivity contribution in [1.29, 1.82) is 0 Å². The van der Waals surface area contributed by atoms with Crippen molar-refractivity contribution in [2.24, 2.45) is 0 Å². The van der Waals surface area contributed by atoms with Gasteiger partial charge in [-0.05, 0) is 24.1 Å². The molecule has 1 unspecified atom stereocenters. The maximum Gasteiger partial charge on any atom is 0.304 e. The Labute approximate surface area is 143 Å². The number of rotatable bonds is 6. The van der Waals surface area contributed by atoms with Crippen molar-refractivity contribution in [2.75, 3.05) is 11.6 Å². The second-order valence-corrected chi connectivity index (χ2v) is 8.70. The van der Waals surface area contributed by atoms with Crippen molar-refractivity contribution in [3.8, 4) is 0 Å². The smallest absolute Gasteiger partial charge is 0.304 e. The molecule has 6 nitrogen and oxygen atoms in total. The van der Waals surface area contributed by atoms with Crippen LogP contribution in [0.25, 0.3) is 0 Å². The SMILES string of the molecule is CCC(Nc1sc(S(C)(=O)=O)cc1[N+](=O)[O-])c1ccc(Cl)cc1. The predicted octanol–water partition coefficient (Wildman–Crippen LogP) is 4.28. The molecular formula is C14H15ClN2O4S2. The number of nitrogens with zero attached hydrogens (tertiary/aromatic N) is 1. The third-order valence-electron chi connectivity index (χ3n) is 3.24. The fraction of sp³-hybridized carbons (Fsp3) is 0.286. The van der Waals surface area contributed by atoms with Crippen LogP contribution in [0, 0.1) is 10.1 Å². The predicted molar refractivity (Wildman–Crippen MR) is 92.2 cm³/mol. The van der Waals surface area contributed by atoms with Gasteiger partial charge in [-0.25, -0.2) is 8.42 Å². The van der Waals surface area contributed by atoms with Gasteiger partial charge in [0.1, 0.15) is 4.21 Å². The number of sulfone groups is 1. The number of thiophene rings is 1. The molecule has 0 bridgehead atoms. The molecule has 1 heterocycles. The molecule has 23 heavy (non-hydrogen) atoms. The summed E-state index contributed by atoms with van der Waals surface area (Å²) < 4.78 is 23.2. The van der Waals surface area contributed by atoms with E-state index < -0.39 is 14.8 Å². The molecule has 9 heteroatoms. The highest BCUT2D eigenvalue weighted by atomic mass is 35.5. The van der Waals surface area contributed by atoms with E-state index in [1.165, 1.54) is 0 Å². The third-order valence-corrected chi connectivity index (χ3v) is 6.35. The molecular weight excluding hydrogens is 360 g/mol. The molecule has 1 aromatic carbocycles. The second kappa shape index (κ2) is 6.86. The number of hydrogen-bond donors (Lipinski definition) is 1. The maximum atomic E-state index is 11.6. The van der Waals surface area contributed by atoms with Crippen LogP contribution in [0.15, 0.2) is 34.5 Å². The summed E-state index contributed by atoms with van der Waals surface area (Å²) in [6, 6.07) is 8.06. The van der Waals surface area contributed by atoms with Crippen molar-refractivity contribution in [2.45, 2.75) is 23.6 Å². The van der Waals surface area contributed by atoms with E-state index in [0.29, 0.717) is 11.4 Å². The summed E-state index contributed by atoms with van der Waals surface area (Å²) in [5, 5.41) is 15.1. The molecule has 0 amide bonds. The van der Waals surface area contributed by atoms with Gasteiger partial charge in [0.25, 0.3) is 0 Å². The Bertz CT molecular complexity index is 816. The number of anilines is 1. The lowest BCUT2D eigenvalue weighted by Crippen LogP contribution is -2.09. The number of hydrogen-bond acceptors (Lipinski definition) is 6. The lowest BCUT2D eigenvalue weighted by Gasteiger charge is -2.17. The Kier molecular flexibility index (Phi) is 5.28. The largest absolute Gasteiger partial charge is 0.364 e. The van der Waals surface area contributed by atoms with E-state index in [2.05, 4.69) is 5.32 Å². The van der Waals surface area contributed by atoms with Gasteiger partial charge in [0.05, 0.1) is 11.0 Å². The Balaban J connectivity index is 2.38. The fourth-order valence-electron chi connectivity index (χ4n) is 2.06. The van der Waals surface area contributed by atoms with Gasteiger partial charge in [0.2, 0.25) is 0 Å². The van der Waals surface area contributed by atoms with Crippen LogP contribution in [-0.4, -0.2) is 19.6 Å². The van der Waals surface area contributed by atoms with Gasteiger partial charge in [0.15, 0.2) is 14.8 Å². The van der Waals surface area contributed by atoms with Crippen LogP contribution in [0.1, 0.15) is 24.9 Å². The Hall–Kier alpha value is -1.64. The Morgan fingerprint density at radius 2 is 1.96 bits per heavy atom. The fourth-order valence-corrected chi connectivity index (χ4v) is 4.17. The molecule has 0 saturated carbocycles. The van der Waals surface area contributed by atoms with Gasteiger partial charge in [-0.2, -0.15) is 0 Å². The third kappa shape index (κ3) is 4.21. The lowest BCUT2D eigenvalue weighted by atomic mass is 10.0. The lowest BCUT2D eigenvalue weighted by molar-refractivity contribution is -0.383. The van der Waals surface area contributed by atoms with Crippen LogP contribution < -0.4 is 5.32 Å². The van der Waals surface area contributed by atoms with Crippen LogP contribution >= 0.6 is 22.9 Å². The summed E-state index contributed by atoms with van der Waals surface area (Å²) in [4.78, 5) is 10.6. The molecule has 0 spiro atoms. The van der Waals surface area contributed by atoms with Crippen molar-refractivity contribution < 1.29 is 13.3 Å². The van der Waals surface area contributed by atoms with E-state index in [1.54, 1.807) is 12.1 Å². The zero-order valence-corrected chi connectivity index (χ0v) is 14.8. The number of halogens is 1. The van der Waals surface area contributed by atoms with Crippen molar-refractivity contribution in [3.05, 3.63) is 51.0 Å². The summed E-state index contributed by atoms with van der Waals surface area (Å²) >= 11 is 6.74. The van der Waals surface area contributed by atoms with Crippen molar-refractivity contribution >= 4 is 43.5 Å². The first-order valence-electron chi connectivity index (χ1n) is 6.72. The quantitative estimate of drug-likeness (QED) is 0.602. The van der Waals surface area contributed by atoms with Gasteiger partial charge in [-0.1, -0.05) is 42.0 Å². The number of nitro groups is 1. The van der Waals surface area contributed by atoms with Crippen LogP contribution in [0.3, 0.4) is 0 Å². The molecule has 0 fully saturated rings. The van der Waals surface area contributed by atoms with E-state index in [0.717, 1.165) is 29.2 Å². The highest BCUT2D eigenvalue weighted by molar-refractivity contribution is 7.92. The highest BCUT2D eigenvalue weighted by Crippen LogP contribution is 2.39. The summed E-state index contributed by atoms with van der Waals surface area (Å²) in [7, 11) is -3.49. The summed E-state index contributed by atoms with van der Waals surface area (Å²) in [6.45, 7) is 1.93. The molecule has 1 aromatic heterocycles. The second-order valence-electron chi connectivity index (χ2n) is 4.97. The Morgan fingerprint density at radius 1 is 1.35 bits per heavy atom. The molecule has 2 rings (SSSR count). The van der Waals surface area contributed by atoms with Crippen LogP contribution in [0.4, 0.5) is 10.7 Å².